The zero-order chi connectivity index (χ0) is 45.3. The smallest absolute Gasteiger partial charge is 0.416 e. The third kappa shape index (κ3) is 11.1. The Morgan fingerprint density at radius 3 is 2.02 bits per heavy atom. The van der Waals surface area contributed by atoms with Crippen LogP contribution in [0.4, 0.5) is 13.2 Å². The van der Waals surface area contributed by atoms with Gasteiger partial charge in [-0.25, -0.2) is 0 Å². The lowest BCUT2D eigenvalue weighted by atomic mass is 9.93. The highest BCUT2D eigenvalue weighted by atomic mass is 19.4. The number of ketones is 1. The van der Waals surface area contributed by atoms with Gasteiger partial charge < -0.3 is 47.5 Å². The van der Waals surface area contributed by atoms with Crippen molar-refractivity contribution in [3.63, 3.8) is 0 Å². The third-order valence-electron chi connectivity index (χ3n) is 10.5. The van der Waals surface area contributed by atoms with Gasteiger partial charge in [-0.1, -0.05) is 36.4 Å². The number of Topliss-reactive ketones (excluding diaryl/α,β-unsaturated/α-hetero) is 1. The SMILES string of the molecule is CC(=O)[C@@H]1Cc2ccc(OCCN)c(c2)-c2cc(ccc2OCCN)[C@H](N(C)C(=O)[C@H](CCN)NC(=O)c2ccc(-c3ccc(C(F)(F)F)cc3)cc2C)C(=O)N[C@@H](C)C(=O)N1. The van der Waals surface area contributed by atoms with Crippen LogP contribution >= 0.6 is 0 Å². The van der Waals surface area contributed by atoms with Gasteiger partial charge in [0.25, 0.3) is 5.91 Å². The third-order valence-corrected chi connectivity index (χ3v) is 10.5. The molecule has 17 heteroatoms. The molecule has 4 bridgehead atoms. The van der Waals surface area contributed by atoms with E-state index in [0.29, 0.717) is 50.4 Å². The summed E-state index contributed by atoms with van der Waals surface area (Å²) in [7, 11) is 1.39. The molecule has 4 aromatic rings. The van der Waals surface area contributed by atoms with Crippen LogP contribution in [-0.4, -0.2) is 92.3 Å². The molecule has 0 radical (unpaired) electrons. The molecule has 1 aliphatic heterocycles. The number of ether oxygens (including phenoxy) is 2. The lowest BCUT2D eigenvalue weighted by molar-refractivity contribution is -0.141. The van der Waals surface area contributed by atoms with Gasteiger partial charge in [-0.3, -0.25) is 24.0 Å². The number of rotatable bonds is 14. The fraction of sp³-hybridized carbons (Fsp3) is 0.356. The number of nitrogens with two attached hydrogens (primary N) is 3. The van der Waals surface area contributed by atoms with Crippen LogP contribution in [0.25, 0.3) is 22.3 Å². The number of aryl methyl sites for hydroxylation is 1. The molecule has 0 aromatic heterocycles. The zero-order valence-electron chi connectivity index (χ0n) is 34.9. The van der Waals surface area contributed by atoms with E-state index < -0.39 is 59.5 Å². The molecule has 1 aliphatic rings. The van der Waals surface area contributed by atoms with Gasteiger partial charge in [0, 0.05) is 36.8 Å². The number of carbonyl (C=O) groups excluding carboxylic acids is 5. The van der Waals surface area contributed by atoms with Crippen molar-refractivity contribution in [2.24, 2.45) is 17.2 Å². The Morgan fingerprint density at radius 1 is 0.823 bits per heavy atom. The molecule has 62 heavy (non-hydrogen) atoms. The van der Waals surface area contributed by atoms with Crippen molar-refractivity contribution in [1.29, 1.82) is 0 Å². The van der Waals surface area contributed by atoms with Crippen LogP contribution in [0.3, 0.4) is 0 Å². The van der Waals surface area contributed by atoms with E-state index in [0.717, 1.165) is 17.0 Å². The highest BCUT2D eigenvalue weighted by Gasteiger charge is 2.36. The molecular weight excluding hydrogens is 808 g/mol. The number of carbonyl (C=O) groups is 5. The van der Waals surface area contributed by atoms with Gasteiger partial charge in [-0.2, -0.15) is 13.2 Å². The zero-order valence-corrected chi connectivity index (χ0v) is 34.9. The van der Waals surface area contributed by atoms with Crippen LogP contribution in [0.2, 0.25) is 0 Å². The first kappa shape index (κ1) is 46.8. The summed E-state index contributed by atoms with van der Waals surface area (Å²) in [6, 6.07) is 14.9. The second-order valence-electron chi connectivity index (χ2n) is 15.0. The van der Waals surface area contributed by atoms with E-state index in [1.807, 2.05) is 0 Å². The number of nitrogens with one attached hydrogen (secondary N) is 3. The molecule has 0 saturated heterocycles. The summed E-state index contributed by atoms with van der Waals surface area (Å²) in [5, 5.41) is 8.19. The molecule has 0 saturated carbocycles. The van der Waals surface area contributed by atoms with Crippen LogP contribution in [-0.2, 0) is 31.8 Å². The van der Waals surface area contributed by atoms with E-state index in [-0.39, 0.29) is 57.0 Å². The van der Waals surface area contributed by atoms with Gasteiger partial charge in [0.2, 0.25) is 17.7 Å². The van der Waals surface area contributed by atoms with Crippen molar-refractivity contribution in [1.82, 2.24) is 20.9 Å². The maximum Gasteiger partial charge on any atom is 0.416 e. The van der Waals surface area contributed by atoms with Gasteiger partial charge >= 0.3 is 6.18 Å². The Labute approximate surface area is 357 Å². The highest BCUT2D eigenvalue weighted by molar-refractivity contribution is 6.00. The van der Waals surface area contributed by atoms with Crippen molar-refractivity contribution in [3.05, 3.63) is 107 Å². The molecule has 1 heterocycles. The number of fused-ring (bicyclic) bond motifs is 5. The predicted molar refractivity (Wildman–Crippen MR) is 227 cm³/mol. The summed E-state index contributed by atoms with van der Waals surface area (Å²) in [5.74, 6) is -2.21. The second kappa shape index (κ2) is 20.5. The van der Waals surface area contributed by atoms with Crippen molar-refractivity contribution < 1.29 is 46.6 Å². The number of benzene rings is 4. The Bertz CT molecular complexity index is 2290. The number of hydrogen-bond acceptors (Lipinski definition) is 10. The van der Waals surface area contributed by atoms with Crippen LogP contribution in [0, 0.1) is 6.92 Å². The quantitative estimate of drug-likeness (QED) is 0.108. The summed E-state index contributed by atoms with van der Waals surface area (Å²) in [6.45, 7) is 5.13. The molecule has 0 unspecified atom stereocenters. The lowest BCUT2D eigenvalue weighted by Gasteiger charge is -2.32. The number of likely N-dealkylation sites (N-methyl/N-ethyl adjacent to an activating group) is 1. The Hall–Kier alpha value is -6.30. The van der Waals surface area contributed by atoms with Gasteiger partial charge in [0.05, 0.1) is 11.6 Å². The first-order chi connectivity index (χ1) is 29.5. The molecule has 330 valence electrons. The average molecular weight is 860 g/mol. The van der Waals surface area contributed by atoms with E-state index in [2.05, 4.69) is 16.0 Å². The Morgan fingerprint density at radius 2 is 1.44 bits per heavy atom. The van der Waals surface area contributed by atoms with E-state index in [4.69, 9.17) is 26.7 Å². The fourth-order valence-corrected chi connectivity index (χ4v) is 7.15. The number of amides is 4. The second-order valence-corrected chi connectivity index (χ2v) is 15.0. The first-order valence-electron chi connectivity index (χ1n) is 20.1. The molecule has 5 rings (SSSR count). The van der Waals surface area contributed by atoms with E-state index >= 15 is 0 Å². The first-order valence-corrected chi connectivity index (χ1v) is 20.1. The van der Waals surface area contributed by atoms with Crippen LogP contribution in [0.1, 0.15) is 58.9 Å². The molecule has 0 fully saturated rings. The van der Waals surface area contributed by atoms with Crippen molar-refractivity contribution >= 4 is 29.4 Å². The molecule has 0 aliphatic carbocycles. The van der Waals surface area contributed by atoms with Gasteiger partial charge in [0.1, 0.15) is 42.8 Å². The predicted octanol–water partition coefficient (Wildman–Crippen LogP) is 3.80. The van der Waals surface area contributed by atoms with Crippen LogP contribution in [0.5, 0.6) is 11.5 Å². The number of hydrogen-bond donors (Lipinski definition) is 6. The number of alkyl halides is 3. The normalized spacial score (nSPS) is 17.2. The average Bonchev–Trinajstić information content (AvgIpc) is 3.23. The highest BCUT2D eigenvalue weighted by Crippen LogP contribution is 2.40. The summed E-state index contributed by atoms with van der Waals surface area (Å²) in [5.41, 5.74) is 20.5. The minimum absolute atomic E-state index is 0.0249. The van der Waals surface area contributed by atoms with Crippen molar-refractivity contribution in [2.75, 3.05) is 39.9 Å². The maximum absolute atomic E-state index is 14.5. The molecule has 4 atom stereocenters. The minimum atomic E-state index is -4.49. The van der Waals surface area contributed by atoms with E-state index in [9.17, 15) is 37.1 Å². The maximum atomic E-state index is 14.5. The van der Waals surface area contributed by atoms with Gasteiger partial charge in [0.15, 0.2) is 5.78 Å². The van der Waals surface area contributed by atoms with Crippen molar-refractivity contribution in [3.8, 4) is 33.8 Å². The van der Waals surface area contributed by atoms with E-state index in [1.165, 1.54) is 39.1 Å². The minimum Gasteiger partial charge on any atom is -0.492 e. The Kier molecular flexibility index (Phi) is 15.5. The summed E-state index contributed by atoms with van der Waals surface area (Å²) in [6.07, 6.45) is -4.39. The molecule has 4 amide bonds. The molecule has 9 N–H and O–H groups in total. The summed E-state index contributed by atoms with van der Waals surface area (Å²) >= 11 is 0. The molecule has 0 spiro atoms. The van der Waals surface area contributed by atoms with Gasteiger partial charge in [-0.05, 0) is 110 Å². The number of nitrogens with zero attached hydrogens (tertiary/aromatic N) is 1. The van der Waals surface area contributed by atoms with Gasteiger partial charge in [-0.15, -0.1) is 0 Å². The molecule has 14 nitrogen and oxygen atoms in total. The lowest BCUT2D eigenvalue weighted by Crippen LogP contribution is -2.55. The van der Waals surface area contributed by atoms with E-state index in [1.54, 1.807) is 55.5 Å². The fourth-order valence-electron chi connectivity index (χ4n) is 7.15. The van der Waals surface area contributed by atoms with Crippen LogP contribution < -0.4 is 42.6 Å². The largest absolute Gasteiger partial charge is 0.492 e. The number of halogens is 3. The standard InChI is InChI=1S/C45H52F3N7O7/c1-25-21-30(29-6-10-32(11-7-29)45(46,47)48)8-12-33(25)42(58)53-36(15-16-49)44(60)55(4)40-31-9-14-39(62-20-18-51)35(24-31)34-22-28(5-13-38(34)61-19-17-50)23-37(27(3)56)54-41(57)26(2)52-43(40)59/h5-14,21-22,24,26,36-37,40H,15-20,23,49-51H2,1-4H3,(H,52,59)(H,53,58)(H,54,57)/t26-,36-,37-,40-/m0/s1. The monoisotopic (exact) mass is 859 g/mol. The summed E-state index contributed by atoms with van der Waals surface area (Å²) < 4.78 is 51.5. The van der Waals surface area contributed by atoms with Crippen LogP contribution in [0.15, 0.2) is 78.9 Å². The molecule has 4 aromatic carbocycles. The molecular formula is C45H52F3N7O7. The Balaban J connectivity index is 1.54. The summed E-state index contributed by atoms with van der Waals surface area (Å²) in [4.78, 5) is 70.2. The van der Waals surface area contributed by atoms with Crippen molar-refractivity contribution in [2.45, 2.75) is 64.0 Å². The topological polar surface area (TPSA) is 221 Å².